The summed E-state index contributed by atoms with van der Waals surface area (Å²) in [5.41, 5.74) is 1.13. The van der Waals surface area contributed by atoms with Crippen molar-refractivity contribution >= 4 is 23.2 Å². The average molecular weight is 290 g/mol. The van der Waals surface area contributed by atoms with Gasteiger partial charge in [0.2, 0.25) is 0 Å². The average Bonchev–Trinajstić information content (AvgIpc) is 2.35. The zero-order chi connectivity index (χ0) is 13.4. The Kier molecular flexibility index (Phi) is 7.48. The highest BCUT2D eigenvalue weighted by Crippen LogP contribution is 2.23. The van der Waals surface area contributed by atoms with Gasteiger partial charge in [-0.3, -0.25) is 0 Å². The molecule has 0 fully saturated rings. The Hall–Kier alpha value is -0.440. The van der Waals surface area contributed by atoms with Gasteiger partial charge in [-0.15, -0.1) is 11.6 Å². The molecule has 0 atom stereocenters. The monoisotopic (exact) mass is 289 g/mol. The first kappa shape index (κ1) is 15.6. The summed E-state index contributed by atoms with van der Waals surface area (Å²) in [6.45, 7) is 1.91. The molecule has 0 aliphatic carbocycles. The molecule has 1 aromatic rings. The van der Waals surface area contributed by atoms with Crippen molar-refractivity contribution in [2.24, 2.45) is 0 Å². The van der Waals surface area contributed by atoms with Crippen molar-refractivity contribution in [3.05, 3.63) is 28.8 Å². The van der Waals surface area contributed by atoms with Gasteiger partial charge in [0.05, 0.1) is 7.11 Å². The third-order valence-electron chi connectivity index (χ3n) is 2.86. The Morgan fingerprint density at radius 1 is 1.22 bits per heavy atom. The third-order valence-corrected chi connectivity index (χ3v) is 3.36. The predicted octanol–water partition coefficient (Wildman–Crippen LogP) is 4.19. The van der Waals surface area contributed by atoms with E-state index in [-0.39, 0.29) is 0 Å². The lowest BCUT2D eigenvalue weighted by Crippen LogP contribution is -2.19. The Bertz CT molecular complexity index is 358. The van der Waals surface area contributed by atoms with E-state index in [1.54, 1.807) is 7.11 Å². The van der Waals surface area contributed by atoms with E-state index in [1.807, 2.05) is 18.2 Å². The number of unbranched alkanes of at least 4 members (excludes halogenated alkanes) is 2. The van der Waals surface area contributed by atoms with Crippen LogP contribution in [-0.4, -0.2) is 31.5 Å². The highest BCUT2D eigenvalue weighted by atomic mass is 35.5. The van der Waals surface area contributed by atoms with Gasteiger partial charge in [0.25, 0.3) is 0 Å². The van der Waals surface area contributed by atoms with E-state index < -0.39 is 0 Å². The van der Waals surface area contributed by atoms with Gasteiger partial charge >= 0.3 is 0 Å². The maximum absolute atomic E-state index is 6.01. The second-order valence-corrected chi connectivity index (χ2v) is 5.26. The molecule has 0 aliphatic heterocycles. The number of halogens is 2. The molecule has 0 saturated carbocycles. The van der Waals surface area contributed by atoms with Crippen LogP contribution in [-0.2, 0) is 6.54 Å². The van der Waals surface area contributed by atoms with E-state index >= 15 is 0 Å². The first-order chi connectivity index (χ1) is 8.67. The van der Waals surface area contributed by atoms with Crippen LogP contribution in [0.4, 0.5) is 0 Å². The summed E-state index contributed by atoms with van der Waals surface area (Å²) in [5.74, 6) is 1.65. The predicted molar refractivity (Wildman–Crippen MR) is 78.9 cm³/mol. The Morgan fingerprint density at radius 2 is 2.00 bits per heavy atom. The molecular weight excluding hydrogens is 269 g/mol. The number of ether oxygens (including phenoxy) is 1. The van der Waals surface area contributed by atoms with Crippen LogP contribution in [0.5, 0.6) is 5.75 Å². The molecule has 1 rings (SSSR count). The van der Waals surface area contributed by atoms with Crippen LogP contribution in [0.3, 0.4) is 0 Å². The van der Waals surface area contributed by atoms with Gasteiger partial charge in [0.1, 0.15) is 5.75 Å². The Labute approximate surface area is 120 Å². The summed E-state index contributed by atoms with van der Waals surface area (Å²) in [4.78, 5) is 2.28. The lowest BCUT2D eigenvalue weighted by Gasteiger charge is -2.18. The Balaban J connectivity index is 2.47. The standard InChI is InChI=1S/C14H21Cl2NO/c1-17(9-5-3-4-8-15)11-12-10-13(16)6-7-14(12)18-2/h6-7,10H,3-5,8-9,11H2,1-2H3. The molecule has 0 aromatic heterocycles. The van der Waals surface area contributed by atoms with Gasteiger partial charge in [-0.1, -0.05) is 18.0 Å². The lowest BCUT2D eigenvalue weighted by atomic mass is 10.2. The van der Waals surface area contributed by atoms with E-state index in [4.69, 9.17) is 27.9 Å². The molecule has 0 unspecified atom stereocenters. The van der Waals surface area contributed by atoms with E-state index in [9.17, 15) is 0 Å². The fourth-order valence-electron chi connectivity index (χ4n) is 1.89. The Morgan fingerprint density at radius 3 is 2.67 bits per heavy atom. The second kappa shape index (κ2) is 8.63. The van der Waals surface area contributed by atoms with E-state index in [0.29, 0.717) is 0 Å². The van der Waals surface area contributed by atoms with Crippen molar-refractivity contribution in [3.8, 4) is 5.75 Å². The number of nitrogens with zero attached hydrogens (tertiary/aromatic N) is 1. The highest BCUT2D eigenvalue weighted by molar-refractivity contribution is 6.30. The molecule has 0 spiro atoms. The van der Waals surface area contributed by atoms with Gasteiger partial charge in [-0.05, 0) is 44.6 Å². The molecule has 0 aliphatic rings. The molecule has 0 heterocycles. The first-order valence-electron chi connectivity index (χ1n) is 6.24. The molecule has 0 N–H and O–H groups in total. The van der Waals surface area contributed by atoms with Gasteiger partial charge in [-0.2, -0.15) is 0 Å². The summed E-state index contributed by atoms with van der Waals surface area (Å²) >= 11 is 11.7. The summed E-state index contributed by atoms with van der Waals surface area (Å²) in [5, 5.41) is 0.751. The number of benzene rings is 1. The summed E-state index contributed by atoms with van der Waals surface area (Å²) in [6.07, 6.45) is 3.45. The van der Waals surface area contributed by atoms with Crippen molar-refractivity contribution in [3.63, 3.8) is 0 Å². The van der Waals surface area contributed by atoms with Gasteiger partial charge < -0.3 is 9.64 Å². The van der Waals surface area contributed by atoms with Crippen LogP contribution in [0.2, 0.25) is 5.02 Å². The zero-order valence-corrected chi connectivity index (χ0v) is 12.6. The molecule has 0 amide bonds. The first-order valence-corrected chi connectivity index (χ1v) is 7.15. The van der Waals surface area contributed by atoms with Crippen molar-refractivity contribution in [1.29, 1.82) is 0 Å². The molecule has 18 heavy (non-hydrogen) atoms. The van der Waals surface area contributed by atoms with Crippen molar-refractivity contribution in [2.75, 3.05) is 26.6 Å². The maximum atomic E-state index is 6.01. The fourth-order valence-corrected chi connectivity index (χ4v) is 2.28. The number of methoxy groups -OCH3 is 1. The molecule has 0 radical (unpaired) electrons. The molecular formula is C14H21Cl2NO. The van der Waals surface area contributed by atoms with Crippen molar-refractivity contribution < 1.29 is 4.74 Å². The quantitative estimate of drug-likeness (QED) is 0.526. The fraction of sp³-hybridized carbons (Fsp3) is 0.571. The van der Waals surface area contributed by atoms with Crippen LogP contribution < -0.4 is 4.74 Å². The normalized spacial score (nSPS) is 10.9. The number of rotatable bonds is 8. The van der Waals surface area contributed by atoms with Gasteiger partial charge in [0.15, 0.2) is 0 Å². The largest absolute Gasteiger partial charge is 0.496 e. The van der Waals surface area contributed by atoms with Crippen molar-refractivity contribution in [1.82, 2.24) is 4.90 Å². The number of hydrogen-bond acceptors (Lipinski definition) is 2. The molecule has 4 heteroatoms. The van der Waals surface area contributed by atoms with Gasteiger partial charge in [0, 0.05) is 23.0 Å². The second-order valence-electron chi connectivity index (χ2n) is 4.44. The molecule has 1 aromatic carbocycles. The molecule has 0 bridgehead atoms. The minimum Gasteiger partial charge on any atom is -0.496 e. The minimum absolute atomic E-state index is 0.751. The van der Waals surface area contributed by atoms with Crippen LogP contribution in [0, 0.1) is 0 Å². The van der Waals surface area contributed by atoms with Crippen LogP contribution in [0.1, 0.15) is 24.8 Å². The van der Waals surface area contributed by atoms with E-state index in [2.05, 4.69) is 11.9 Å². The maximum Gasteiger partial charge on any atom is 0.123 e. The highest BCUT2D eigenvalue weighted by Gasteiger charge is 2.07. The summed E-state index contributed by atoms with van der Waals surface area (Å²) < 4.78 is 5.34. The smallest absolute Gasteiger partial charge is 0.123 e. The van der Waals surface area contributed by atoms with Crippen LogP contribution >= 0.6 is 23.2 Å². The number of alkyl halides is 1. The summed E-state index contributed by atoms with van der Waals surface area (Å²) in [7, 11) is 3.80. The molecule has 0 saturated heterocycles. The van der Waals surface area contributed by atoms with E-state index in [1.165, 1.54) is 12.8 Å². The van der Waals surface area contributed by atoms with Crippen LogP contribution in [0.15, 0.2) is 18.2 Å². The summed E-state index contributed by atoms with van der Waals surface area (Å²) in [6, 6.07) is 5.74. The molecule has 2 nitrogen and oxygen atoms in total. The lowest BCUT2D eigenvalue weighted by molar-refractivity contribution is 0.310. The SMILES string of the molecule is COc1ccc(Cl)cc1CN(C)CCCCCCl. The third kappa shape index (κ3) is 5.47. The van der Waals surface area contributed by atoms with Crippen molar-refractivity contribution in [2.45, 2.75) is 25.8 Å². The van der Waals surface area contributed by atoms with E-state index in [0.717, 1.165) is 41.7 Å². The van der Waals surface area contributed by atoms with Gasteiger partial charge in [-0.25, -0.2) is 0 Å². The zero-order valence-electron chi connectivity index (χ0n) is 11.1. The minimum atomic E-state index is 0.751. The van der Waals surface area contributed by atoms with Crippen LogP contribution in [0.25, 0.3) is 0 Å². The molecule has 102 valence electrons. The topological polar surface area (TPSA) is 12.5 Å². The number of hydrogen-bond donors (Lipinski definition) is 0.